The molecule has 1 nitrogen and oxygen atoms in total. The molecule has 0 aliphatic heterocycles. The van der Waals surface area contributed by atoms with Gasteiger partial charge in [-0.1, -0.05) is 35.9 Å². The Morgan fingerprint density at radius 2 is 2.27 bits per heavy atom. The van der Waals surface area contributed by atoms with Gasteiger partial charge in [-0.3, -0.25) is 0 Å². The highest BCUT2D eigenvalue weighted by atomic mass is 14.6. The van der Waals surface area contributed by atoms with Gasteiger partial charge in [0.25, 0.3) is 0 Å². The smallest absolute Gasteiger partial charge is 0.00794 e. The molecule has 0 aromatic heterocycles. The molecule has 0 aliphatic carbocycles. The summed E-state index contributed by atoms with van der Waals surface area (Å²) in [5.74, 6) is 0. The fraction of sp³-hybridized carbons (Fsp3) is 0.429. The van der Waals surface area contributed by atoms with E-state index in [9.17, 15) is 0 Å². The average Bonchev–Trinajstić information content (AvgIpc) is 2.18. The number of unbranched alkanes of at least 4 members (excludes halogenated alkanes) is 1. The van der Waals surface area contributed by atoms with Crippen molar-refractivity contribution in [3.63, 3.8) is 0 Å². The van der Waals surface area contributed by atoms with Crippen LogP contribution in [0.3, 0.4) is 0 Å². The molecule has 2 N–H and O–H groups in total. The third kappa shape index (κ3) is 4.80. The van der Waals surface area contributed by atoms with E-state index in [1.54, 1.807) is 0 Å². The molecule has 1 unspecified atom stereocenters. The summed E-state index contributed by atoms with van der Waals surface area (Å²) < 4.78 is 0. The van der Waals surface area contributed by atoms with Gasteiger partial charge in [-0.2, -0.15) is 0 Å². The van der Waals surface area contributed by atoms with E-state index in [-0.39, 0.29) is 6.04 Å². The summed E-state index contributed by atoms with van der Waals surface area (Å²) >= 11 is 0. The monoisotopic (exact) mass is 203 g/mol. The third-order valence-corrected chi connectivity index (χ3v) is 2.56. The Morgan fingerprint density at radius 1 is 1.47 bits per heavy atom. The molecule has 0 fully saturated rings. The van der Waals surface area contributed by atoms with Gasteiger partial charge in [0.05, 0.1) is 0 Å². The SMILES string of the molecule is C=CCCCC(N)Cc1cccc(C)c1. The molecule has 0 aliphatic rings. The summed E-state index contributed by atoms with van der Waals surface area (Å²) in [6, 6.07) is 8.87. The maximum Gasteiger partial charge on any atom is 0.00794 e. The van der Waals surface area contributed by atoms with E-state index in [0.717, 1.165) is 25.7 Å². The second-order valence-electron chi connectivity index (χ2n) is 4.17. The van der Waals surface area contributed by atoms with Crippen LogP contribution in [0.2, 0.25) is 0 Å². The first-order valence-electron chi connectivity index (χ1n) is 5.64. The van der Waals surface area contributed by atoms with E-state index < -0.39 is 0 Å². The molecule has 0 saturated carbocycles. The minimum atomic E-state index is 0.284. The Labute approximate surface area is 93.0 Å². The van der Waals surface area contributed by atoms with Gasteiger partial charge < -0.3 is 5.73 Å². The molecule has 82 valence electrons. The quantitative estimate of drug-likeness (QED) is 0.557. The van der Waals surface area contributed by atoms with Crippen LogP contribution in [0.5, 0.6) is 0 Å². The second kappa shape index (κ2) is 6.41. The van der Waals surface area contributed by atoms with Crippen LogP contribution in [0, 0.1) is 6.92 Å². The minimum Gasteiger partial charge on any atom is -0.327 e. The Balaban J connectivity index is 2.37. The summed E-state index contributed by atoms with van der Waals surface area (Å²) in [4.78, 5) is 0. The van der Waals surface area contributed by atoms with E-state index in [1.807, 2.05) is 6.08 Å². The lowest BCUT2D eigenvalue weighted by molar-refractivity contribution is 0.584. The molecule has 0 bridgehead atoms. The highest BCUT2D eigenvalue weighted by Crippen LogP contribution is 2.09. The molecule has 1 atom stereocenters. The highest BCUT2D eigenvalue weighted by molar-refractivity contribution is 5.22. The first-order chi connectivity index (χ1) is 7.22. The van der Waals surface area contributed by atoms with Crippen molar-refractivity contribution >= 4 is 0 Å². The van der Waals surface area contributed by atoms with E-state index in [1.165, 1.54) is 11.1 Å². The molecule has 1 heteroatoms. The van der Waals surface area contributed by atoms with Gasteiger partial charge in [0.2, 0.25) is 0 Å². The standard InChI is InChI=1S/C14H21N/c1-3-4-5-9-14(15)11-13-8-6-7-12(2)10-13/h3,6-8,10,14H,1,4-5,9,11,15H2,2H3. The van der Waals surface area contributed by atoms with Gasteiger partial charge in [-0.05, 0) is 38.2 Å². The van der Waals surface area contributed by atoms with Crippen molar-refractivity contribution < 1.29 is 0 Å². The fourth-order valence-corrected chi connectivity index (χ4v) is 1.77. The van der Waals surface area contributed by atoms with Crippen molar-refractivity contribution in [2.45, 2.75) is 38.6 Å². The van der Waals surface area contributed by atoms with Crippen molar-refractivity contribution in [1.82, 2.24) is 0 Å². The number of hydrogen-bond donors (Lipinski definition) is 1. The number of benzene rings is 1. The van der Waals surface area contributed by atoms with Gasteiger partial charge in [-0.25, -0.2) is 0 Å². The summed E-state index contributed by atoms with van der Waals surface area (Å²) in [6.45, 7) is 5.83. The molecule has 0 saturated heterocycles. The summed E-state index contributed by atoms with van der Waals surface area (Å²) in [7, 11) is 0. The molecule has 0 heterocycles. The van der Waals surface area contributed by atoms with Crippen molar-refractivity contribution in [2.75, 3.05) is 0 Å². The van der Waals surface area contributed by atoms with Crippen molar-refractivity contribution in [1.29, 1.82) is 0 Å². The summed E-state index contributed by atoms with van der Waals surface area (Å²) in [5, 5.41) is 0. The Bertz CT molecular complexity index is 304. The predicted molar refractivity (Wildman–Crippen MR) is 66.9 cm³/mol. The molecule has 15 heavy (non-hydrogen) atoms. The first kappa shape index (κ1) is 12.0. The molecular weight excluding hydrogens is 182 g/mol. The van der Waals surface area contributed by atoms with Crippen LogP contribution in [0.25, 0.3) is 0 Å². The topological polar surface area (TPSA) is 26.0 Å². The molecular formula is C14H21N. The molecule has 1 rings (SSSR count). The summed E-state index contributed by atoms with van der Waals surface area (Å²) in [6.07, 6.45) is 6.25. The van der Waals surface area contributed by atoms with Crippen LogP contribution < -0.4 is 5.73 Å². The lowest BCUT2D eigenvalue weighted by atomic mass is 10.0. The van der Waals surface area contributed by atoms with Crippen LogP contribution in [0.1, 0.15) is 30.4 Å². The predicted octanol–water partition coefficient (Wildman–Crippen LogP) is 3.22. The Hall–Kier alpha value is -1.08. The van der Waals surface area contributed by atoms with E-state index in [0.29, 0.717) is 0 Å². The number of nitrogens with two attached hydrogens (primary N) is 1. The third-order valence-electron chi connectivity index (χ3n) is 2.56. The van der Waals surface area contributed by atoms with Crippen molar-refractivity contribution in [2.24, 2.45) is 5.73 Å². The second-order valence-corrected chi connectivity index (χ2v) is 4.17. The fourth-order valence-electron chi connectivity index (χ4n) is 1.77. The van der Waals surface area contributed by atoms with Gasteiger partial charge >= 0.3 is 0 Å². The molecule has 1 aromatic rings. The zero-order chi connectivity index (χ0) is 11.1. The van der Waals surface area contributed by atoms with Crippen LogP contribution in [-0.4, -0.2) is 6.04 Å². The maximum atomic E-state index is 6.06. The number of hydrogen-bond acceptors (Lipinski definition) is 1. The van der Waals surface area contributed by atoms with E-state index in [4.69, 9.17) is 5.73 Å². The van der Waals surface area contributed by atoms with E-state index in [2.05, 4.69) is 37.8 Å². The minimum absolute atomic E-state index is 0.284. The van der Waals surface area contributed by atoms with Gasteiger partial charge in [0, 0.05) is 6.04 Å². The van der Waals surface area contributed by atoms with Gasteiger partial charge in [-0.15, -0.1) is 6.58 Å². The first-order valence-corrected chi connectivity index (χ1v) is 5.64. The van der Waals surface area contributed by atoms with Gasteiger partial charge in [0.15, 0.2) is 0 Å². The highest BCUT2D eigenvalue weighted by Gasteiger charge is 2.03. The normalized spacial score (nSPS) is 12.4. The lowest BCUT2D eigenvalue weighted by Crippen LogP contribution is -2.22. The number of allylic oxidation sites excluding steroid dienone is 1. The number of rotatable bonds is 6. The van der Waals surface area contributed by atoms with Crippen LogP contribution in [0.4, 0.5) is 0 Å². The maximum absolute atomic E-state index is 6.06. The molecule has 0 radical (unpaired) electrons. The molecule has 0 amide bonds. The van der Waals surface area contributed by atoms with Crippen molar-refractivity contribution in [3.8, 4) is 0 Å². The number of aryl methyl sites for hydroxylation is 1. The largest absolute Gasteiger partial charge is 0.327 e. The average molecular weight is 203 g/mol. The zero-order valence-corrected chi connectivity index (χ0v) is 9.58. The van der Waals surface area contributed by atoms with Crippen LogP contribution >= 0.6 is 0 Å². The molecule has 0 spiro atoms. The van der Waals surface area contributed by atoms with Crippen LogP contribution in [-0.2, 0) is 6.42 Å². The Morgan fingerprint density at radius 3 is 2.93 bits per heavy atom. The van der Waals surface area contributed by atoms with Crippen LogP contribution in [0.15, 0.2) is 36.9 Å². The Kier molecular flexibility index (Phi) is 5.13. The summed E-state index contributed by atoms with van der Waals surface area (Å²) in [5.41, 5.74) is 8.72. The van der Waals surface area contributed by atoms with Gasteiger partial charge in [0.1, 0.15) is 0 Å². The molecule has 1 aromatic carbocycles. The van der Waals surface area contributed by atoms with E-state index >= 15 is 0 Å². The van der Waals surface area contributed by atoms with Crippen molar-refractivity contribution in [3.05, 3.63) is 48.0 Å². The lowest BCUT2D eigenvalue weighted by Gasteiger charge is -2.11. The zero-order valence-electron chi connectivity index (χ0n) is 9.58.